The summed E-state index contributed by atoms with van der Waals surface area (Å²) in [5.74, 6) is -0.472. The monoisotopic (exact) mass is 208 g/mol. The molecule has 0 aliphatic rings. The number of rotatable bonds is 4. The van der Waals surface area contributed by atoms with Gasteiger partial charge in [-0.3, -0.25) is 9.59 Å². The van der Waals surface area contributed by atoms with Crippen molar-refractivity contribution in [1.29, 1.82) is 0 Å². The Bertz CT molecular complexity index is 278. The van der Waals surface area contributed by atoms with E-state index in [0.717, 1.165) is 13.2 Å². The van der Waals surface area contributed by atoms with Gasteiger partial charge >= 0.3 is 0 Å². The molecule has 0 saturated heterocycles. The van der Waals surface area contributed by atoms with Crippen LogP contribution in [0.5, 0.6) is 0 Å². The highest BCUT2D eigenvalue weighted by Gasteiger charge is 1.99. The SMILES string of the molecule is CCOCC.O=CC(=O)c1ccccc1. The minimum absolute atomic E-state index is 0.315. The van der Waals surface area contributed by atoms with Gasteiger partial charge in [-0.15, -0.1) is 0 Å². The van der Waals surface area contributed by atoms with Crippen molar-refractivity contribution in [2.75, 3.05) is 13.2 Å². The van der Waals surface area contributed by atoms with E-state index < -0.39 is 5.78 Å². The second-order valence-electron chi connectivity index (χ2n) is 2.63. The third-order valence-corrected chi connectivity index (χ3v) is 1.57. The van der Waals surface area contributed by atoms with Crippen molar-refractivity contribution >= 4 is 12.1 Å². The predicted octanol–water partition coefficient (Wildman–Crippen LogP) is 2.11. The van der Waals surface area contributed by atoms with E-state index in [9.17, 15) is 9.59 Å². The summed E-state index contributed by atoms with van der Waals surface area (Å²) in [6.45, 7) is 5.67. The molecule has 0 aromatic heterocycles. The van der Waals surface area contributed by atoms with Gasteiger partial charge in [0.25, 0.3) is 0 Å². The summed E-state index contributed by atoms with van der Waals surface area (Å²) in [5.41, 5.74) is 0.442. The van der Waals surface area contributed by atoms with E-state index in [4.69, 9.17) is 4.74 Å². The largest absolute Gasteiger partial charge is 0.382 e. The molecule has 0 radical (unpaired) electrons. The number of carbonyl (C=O) groups excluding carboxylic acids is 2. The quantitative estimate of drug-likeness (QED) is 0.432. The summed E-state index contributed by atoms with van der Waals surface area (Å²) >= 11 is 0. The molecule has 0 aliphatic carbocycles. The second-order valence-corrected chi connectivity index (χ2v) is 2.63. The van der Waals surface area contributed by atoms with Crippen LogP contribution in [0.3, 0.4) is 0 Å². The Balaban J connectivity index is 0.000000336. The first-order valence-corrected chi connectivity index (χ1v) is 4.88. The molecule has 0 spiro atoms. The zero-order valence-electron chi connectivity index (χ0n) is 9.10. The molecule has 0 heterocycles. The van der Waals surface area contributed by atoms with Crippen molar-refractivity contribution < 1.29 is 14.3 Å². The zero-order valence-corrected chi connectivity index (χ0v) is 9.10. The summed E-state index contributed by atoms with van der Waals surface area (Å²) in [6, 6.07) is 8.45. The Morgan fingerprint density at radius 2 is 1.73 bits per heavy atom. The molecular formula is C12H16O3. The molecule has 0 amide bonds. The number of hydrogen-bond acceptors (Lipinski definition) is 3. The molecule has 0 atom stereocenters. The average Bonchev–Trinajstić information content (AvgIpc) is 2.31. The first-order chi connectivity index (χ1) is 7.26. The van der Waals surface area contributed by atoms with Crippen molar-refractivity contribution in [3.05, 3.63) is 35.9 Å². The lowest BCUT2D eigenvalue weighted by molar-refractivity contribution is -0.104. The van der Waals surface area contributed by atoms with E-state index >= 15 is 0 Å². The van der Waals surface area contributed by atoms with E-state index in [0.29, 0.717) is 11.8 Å². The topological polar surface area (TPSA) is 43.4 Å². The number of hydrogen-bond donors (Lipinski definition) is 0. The number of ketones is 1. The van der Waals surface area contributed by atoms with Gasteiger partial charge < -0.3 is 4.74 Å². The van der Waals surface area contributed by atoms with Gasteiger partial charge in [0.1, 0.15) is 0 Å². The normalized spacial score (nSPS) is 8.67. The van der Waals surface area contributed by atoms with Gasteiger partial charge in [0, 0.05) is 18.8 Å². The van der Waals surface area contributed by atoms with Gasteiger partial charge in [0.2, 0.25) is 5.78 Å². The molecule has 0 aliphatic heterocycles. The first kappa shape index (κ1) is 13.5. The Labute approximate surface area is 90.1 Å². The van der Waals surface area contributed by atoms with Crippen molar-refractivity contribution in [2.45, 2.75) is 13.8 Å². The highest BCUT2D eigenvalue weighted by molar-refractivity contribution is 6.33. The Morgan fingerprint density at radius 1 is 1.20 bits per heavy atom. The summed E-state index contributed by atoms with van der Waals surface area (Å²) in [4.78, 5) is 20.6. The van der Waals surface area contributed by atoms with Crippen molar-refractivity contribution in [2.24, 2.45) is 0 Å². The molecule has 0 fully saturated rings. The van der Waals surface area contributed by atoms with Crippen molar-refractivity contribution in [3.8, 4) is 0 Å². The lowest BCUT2D eigenvalue weighted by atomic mass is 10.1. The van der Waals surface area contributed by atoms with Crippen LogP contribution in [0.25, 0.3) is 0 Å². The highest BCUT2D eigenvalue weighted by Crippen LogP contribution is 1.96. The maximum absolute atomic E-state index is 10.6. The van der Waals surface area contributed by atoms with E-state index in [-0.39, 0.29) is 0 Å². The molecule has 0 saturated carbocycles. The van der Waals surface area contributed by atoms with Crippen LogP contribution in [-0.4, -0.2) is 25.3 Å². The minimum atomic E-state index is -0.472. The summed E-state index contributed by atoms with van der Waals surface area (Å²) < 4.78 is 4.83. The van der Waals surface area contributed by atoms with Crippen LogP contribution in [0, 0.1) is 0 Å². The number of ether oxygens (including phenoxy) is 1. The van der Waals surface area contributed by atoms with E-state index in [1.165, 1.54) is 0 Å². The number of benzene rings is 1. The Hall–Kier alpha value is -1.48. The molecule has 15 heavy (non-hydrogen) atoms. The molecular weight excluding hydrogens is 192 g/mol. The fraction of sp³-hybridized carbons (Fsp3) is 0.333. The van der Waals surface area contributed by atoms with Gasteiger partial charge in [-0.25, -0.2) is 0 Å². The van der Waals surface area contributed by atoms with Gasteiger partial charge in [-0.05, 0) is 13.8 Å². The first-order valence-electron chi connectivity index (χ1n) is 4.88. The van der Waals surface area contributed by atoms with Crippen LogP contribution in [0.1, 0.15) is 24.2 Å². The van der Waals surface area contributed by atoms with Crippen LogP contribution in [-0.2, 0) is 9.53 Å². The lowest BCUT2D eigenvalue weighted by Gasteiger charge is -1.88. The van der Waals surface area contributed by atoms with E-state index in [1.54, 1.807) is 30.3 Å². The standard InChI is InChI=1S/C8H6O2.C4H10O/c9-6-8(10)7-4-2-1-3-5-7;1-3-5-4-2/h1-6H;3-4H2,1-2H3. The van der Waals surface area contributed by atoms with Crippen LogP contribution in [0.2, 0.25) is 0 Å². The minimum Gasteiger partial charge on any atom is -0.382 e. The fourth-order valence-electron chi connectivity index (χ4n) is 0.875. The second kappa shape index (κ2) is 9.09. The van der Waals surface area contributed by atoms with Crippen LogP contribution in [0.15, 0.2) is 30.3 Å². The summed E-state index contributed by atoms with van der Waals surface area (Å²) in [6.07, 6.45) is 0.315. The highest BCUT2D eigenvalue weighted by atomic mass is 16.5. The maximum atomic E-state index is 10.6. The molecule has 1 aromatic rings. The molecule has 82 valence electrons. The average molecular weight is 208 g/mol. The zero-order chi connectivity index (χ0) is 11.5. The van der Waals surface area contributed by atoms with Crippen molar-refractivity contribution in [3.63, 3.8) is 0 Å². The number of Topliss-reactive ketones (excluding diaryl/α,β-unsaturated/α-hetero) is 1. The van der Waals surface area contributed by atoms with Crippen molar-refractivity contribution in [1.82, 2.24) is 0 Å². The Kier molecular flexibility index (Phi) is 8.19. The van der Waals surface area contributed by atoms with E-state index in [2.05, 4.69) is 0 Å². The summed E-state index contributed by atoms with van der Waals surface area (Å²) in [7, 11) is 0. The smallest absolute Gasteiger partial charge is 0.225 e. The van der Waals surface area contributed by atoms with Gasteiger partial charge in [0.15, 0.2) is 6.29 Å². The number of carbonyl (C=O) groups is 2. The molecule has 1 rings (SSSR count). The maximum Gasteiger partial charge on any atom is 0.225 e. The Morgan fingerprint density at radius 3 is 2.07 bits per heavy atom. The third-order valence-electron chi connectivity index (χ3n) is 1.57. The summed E-state index contributed by atoms with van der Waals surface area (Å²) in [5, 5.41) is 0. The number of aldehydes is 1. The van der Waals surface area contributed by atoms with Crippen LogP contribution in [0.4, 0.5) is 0 Å². The molecule has 3 nitrogen and oxygen atoms in total. The van der Waals surface area contributed by atoms with Gasteiger partial charge in [-0.1, -0.05) is 30.3 Å². The fourth-order valence-corrected chi connectivity index (χ4v) is 0.875. The molecule has 0 bridgehead atoms. The van der Waals surface area contributed by atoms with E-state index in [1.807, 2.05) is 13.8 Å². The van der Waals surface area contributed by atoms with Crippen LogP contribution >= 0.6 is 0 Å². The molecule has 0 unspecified atom stereocenters. The van der Waals surface area contributed by atoms with Gasteiger partial charge in [-0.2, -0.15) is 0 Å². The van der Waals surface area contributed by atoms with Gasteiger partial charge in [0.05, 0.1) is 0 Å². The molecule has 0 N–H and O–H groups in total. The van der Waals surface area contributed by atoms with Crippen LogP contribution < -0.4 is 0 Å². The predicted molar refractivity (Wildman–Crippen MR) is 59.0 cm³/mol. The lowest BCUT2D eigenvalue weighted by Crippen LogP contribution is -1.97. The third kappa shape index (κ3) is 6.57. The molecule has 3 heteroatoms. The molecule has 1 aromatic carbocycles.